The Hall–Kier alpha value is -1.93. The van der Waals surface area contributed by atoms with Crippen molar-refractivity contribution in [2.24, 2.45) is 0 Å². The second-order valence-electron chi connectivity index (χ2n) is 4.96. The molecule has 0 radical (unpaired) electrons. The molecule has 5 nitrogen and oxygen atoms in total. The fraction of sp³-hybridized carbons (Fsp3) is 0. The van der Waals surface area contributed by atoms with E-state index in [0.29, 0.717) is 30.5 Å². The van der Waals surface area contributed by atoms with Crippen LogP contribution in [0.2, 0.25) is 10.0 Å². The minimum Gasteiger partial charge on any atom is -0.268 e. The number of thioether (sulfide) groups is 1. The van der Waals surface area contributed by atoms with E-state index < -0.39 is 4.92 Å². The zero-order valence-corrected chi connectivity index (χ0v) is 15.5. The fourth-order valence-corrected chi connectivity index (χ4v) is 3.95. The Morgan fingerprint density at radius 2 is 1.96 bits per heavy atom. The minimum absolute atomic E-state index is 0.115. The number of hydrogen-bond acceptors (Lipinski definition) is 5. The molecule has 0 aliphatic carbocycles. The summed E-state index contributed by atoms with van der Waals surface area (Å²) in [5.41, 5.74) is 0.865. The first-order chi connectivity index (χ1) is 11.9. The van der Waals surface area contributed by atoms with E-state index in [4.69, 9.17) is 35.4 Å². The number of halogens is 2. The molecule has 0 aromatic heterocycles. The normalized spacial score (nSPS) is 15.9. The van der Waals surface area contributed by atoms with Crippen LogP contribution in [0.1, 0.15) is 5.56 Å². The molecule has 0 bridgehead atoms. The van der Waals surface area contributed by atoms with Gasteiger partial charge < -0.3 is 0 Å². The van der Waals surface area contributed by atoms with Gasteiger partial charge in [0.25, 0.3) is 11.6 Å². The van der Waals surface area contributed by atoms with Crippen LogP contribution >= 0.6 is 47.2 Å². The van der Waals surface area contributed by atoms with Gasteiger partial charge >= 0.3 is 0 Å². The van der Waals surface area contributed by atoms with E-state index in [1.54, 1.807) is 30.3 Å². The summed E-state index contributed by atoms with van der Waals surface area (Å²) in [5.74, 6) is -0.360. The number of carbonyl (C=O) groups is 1. The van der Waals surface area contributed by atoms with E-state index >= 15 is 0 Å². The van der Waals surface area contributed by atoms with Crippen LogP contribution in [0.25, 0.3) is 6.08 Å². The van der Waals surface area contributed by atoms with Gasteiger partial charge in [0, 0.05) is 22.2 Å². The molecule has 0 spiro atoms. The van der Waals surface area contributed by atoms with E-state index in [1.165, 1.54) is 23.1 Å². The van der Waals surface area contributed by atoms with E-state index in [-0.39, 0.29) is 11.6 Å². The van der Waals surface area contributed by atoms with Crippen molar-refractivity contribution in [3.63, 3.8) is 0 Å². The van der Waals surface area contributed by atoms with E-state index in [9.17, 15) is 14.9 Å². The summed E-state index contributed by atoms with van der Waals surface area (Å²) >= 11 is 18.4. The number of amides is 1. The summed E-state index contributed by atoms with van der Waals surface area (Å²) in [7, 11) is 0. The molecule has 3 rings (SSSR count). The van der Waals surface area contributed by atoms with Gasteiger partial charge in [-0.05, 0) is 29.8 Å². The van der Waals surface area contributed by atoms with Crippen LogP contribution in [0.15, 0.2) is 47.4 Å². The standard InChI is InChI=1S/C16H8Cl2N2O3S2/c17-10-5-4-9(13(18)7-10)6-14-15(21)19(16(24)25-14)11-2-1-3-12(8-11)20(22)23/h1-8H/b14-6-. The Labute approximate surface area is 162 Å². The van der Waals surface area contributed by atoms with Crippen LogP contribution in [0.4, 0.5) is 11.4 Å². The maximum atomic E-state index is 12.7. The lowest BCUT2D eigenvalue weighted by Gasteiger charge is -2.13. The maximum Gasteiger partial charge on any atom is 0.271 e. The molecule has 0 saturated carbocycles. The molecule has 2 aromatic rings. The zero-order chi connectivity index (χ0) is 18.1. The Morgan fingerprint density at radius 1 is 1.20 bits per heavy atom. The van der Waals surface area contributed by atoms with Gasteiger partial charge in [-0.25, -0.2) is 0 Å². The van der Waals surface area contributed by atoms with Gasteiger partial charge in [-0.1, -0.05) is 59.3 Å². The monoisotopic (exact) mass is 410 g/mol. The van der Waals surface area contributed by atoms with Crippen LogP contribution < -0.4 is 4.90 Å². The molecule has 0 N–H and O–H groups in total. The summed E-state index contributed by atoms with van der Waals surface area (Å²) in [6.45, 7) is 0. The van der Waals surface area contributed by atoms with Crippen LogP contribution in [-0.4, -0.2) is 15.2 Å². The lowest BCUT2D eigenvalue weighted by molar-refractivity contribution is -0.384. The Balaban J connectivity index is 1.96. The van der Waals surface area contributed by atoms with E-state index in [2.05, 4.69) is 0 Å². The molecular weight excluding hydrogens is 403 g/mol. The highest BCUT2D eigenvalue weighted by atomic mass is 35.5. The lowest BCUT2D eigenvalue weighted by atomic mass is 10.2. The van der Waals surface area contributed by atoms with Gasteiger partial charge in [0.2, 0.25) is 0 Å². The molecular formula is C16H8Cl2N2O3S2. The van der Waals surface area contributed by atoms with Crippen LogP contribution in [-0.2, 0) is 4.79 Å². The minimum atomic E-state index is -0.523. The van der Waals surface area contributed by atoms with Crippen molar-refractivity contribution in [3.05, 3.63) is 73.1 Å². The molecule has 1 fully saturated rings. The van der Waals surface area contributed by atoms with E-state index in [1.807, 2.05) is 0 Å². The molecule has 25 heavy (non-hydrogen) atoms. The number of carbonyl (C=O) groups excluding carboxylic acids is 1. The van der Waals surface area contributed by atoms with Crippen molar-refractivity contribution in [2.75, 3.05) is 4.90 Å². The SMILES string of the molecule is O=C1/C(=C/c2ccc(Cl)cc2Cl)SC(=S)N1c1cccc([N+](=O)[O-])c1. The average Bonchev–Trinajstić information content (AvgIpc) is 2.84. The highest BCUT2D eigenvalue weighted by molar-refractivity contribution is 8.27. The van der Waals surface area contributed by atoms with Gasteiger partial charge in [-0.3, -0.25) is 19.8 Å². The molecule has 2 aromatic carbocycles. The predicted octanol–water partition coefficient (Wildman–Crippen LogP) is 5.31. The van der Waals surface area contributed by atoms with Gasteiger partial charge in [0.05, 0.1) is 15.5 Å². The largest absolute Gasteiger partial charge is 0.271 e. The number of nitrogens with zero attached hydrogens (tertiary/aromatic N) is 2. The molecule has 1 aliphatic rings. The van der Waals surface area contributed by atoms with Gasteiger partial charge in [0.15, 0.2) is 4.32 Å². The third-order valence-electron chi connectivity index (χ3n) is 3.34. The number of rotatable bonds is 3. The second-order valence-corrected chi connectivity index (χ2v) is 7.48. The van der Waals surface area contributed by atoms with Gasteiger partial charge in [-0.2, -0.15) is 0 Å². The lowest BCUT2D eigenvalue weighted by Crippen LogP contribution is -2.27. The van der Waals surface area contributed by atoms with Gasteiger partial charge in [-0.15, -0.1) is 0 Å². The number of benzene rings is 2. The summed E-state index contributed by atoms with van der Waals surface area (Å²) in [5, 5.41) is 11.8. The number of hydrogen-bond donors (Lipinski definition) is 0. The van der Waals surface area contributed by atoms with E-state index in [0.717, 1.165) is 11.8 Å². The highest BCUT2D eigenvalue weighted by Crippen LogP contribution is 2.37. The zero-order valence-electron chi connectivity index (χ0n) is 12.3. The van der Waals surface area contributed by atoms with Crippen LogP contribution in [0, 0.1) is 10.1 Å². The van der Waals surface area contributed by atoms with Crippen molar-refractivity contribution >= 4 is 74.9 Å². The number of nitro benzene ring substituents is 1. The molecule has 1 heterocycles. The number of anilines is 1. The number of thiocarbonyl (C=S) groups is 1. The molecule has 126 valence electrons. The predicted molar refractivity (Wildman–Crippen MR) is 105 cm³/mol. The van der Waals surface area contributed by atoms with Crippen molar-refractivity contribution in [1.82, 2.24) is 0 Å². The first-order valence-corrected chi connectivity index (χ1v) is 8.82. The summed E-state index contributed by atoms with van der Waals surface area (Å²) in [6, 6.07) is 10.7. The third kappa shape index (κ3) is 3.69. The molecule has 0 atom stereocenters. The van der Waals surface area contributed by atoms with Crippen LogP contribution in [0.5, 0.6) is 0 Å². The topological polar surface area (TPSA) is 63.5 Å². The Kier molecular flexibility index (Phi) is 5.10. The average molecular weight is 411 g/mol. The third-order valence-corrected chi connectivity index (χ3v) is 5.21. The second kappa shape index (κ2) is 7.13. The first kappa shape index (κ1) is 17.9. The van der Waals surface area contributed by atoms with Crippen molar-refractivity contribution < 1.29 is 9.72 Å². The Morgan fingerprint density at radius 3 is 2.64 bits per heavy atom. The number of nitro groups is 1. The highest BCUT2D eigenvalue weighted by Gasteiger charge is 2.34. The summed E-state index contributed by atoms with van der Waals surface area (Å²) in [6.07, 6.45) is 1.62. The van der Waals surface area contributed by atoms with Crippen molar-refractivity contribution in [2.45, 2.75) is 0 Å². The molecule has 0 unspecified atom stereocenters. The number of non-ortho nitro benzene ring substituents is 1. The molecule has 1 amide bonds. The Bertz CT molecular complexity index is 947. The van der Waals surface area contributed by atoms with Gasteiger partial charge in [0.1, 0.15) is 0 Å². The maximum absolute atomic E-state index is 12.7. The molecule has 1 aliphatic heterocycles. The summed E-state index contributed by atoms with van der Waals surface area (Å²) in [4.78, 5) is 24.7. The first-order valence-electron chi connectivity index (χ1n) is 6.84. The molecule has 1 saturated heterocycles. The molecule has 9 heteroatoms. The van der Waals surface area contributed by atoms with Crippen molar-refractivity contribution in [1.29, 1.82) is 0 Å². The van der Waals surface area contributed by atoms with Crippen molar-refractivity contribution in [3.8, 4) is 0 Å². The van der Waals surface area contributed by atoms with Crippen LogP contribution in [0.3, 0.4) is 0 Å². The smallest absolute Gasteiger partial charge is 0.268 e. The fourth-order valence-electron chi connectivity index (χ4n) is 2.20. The quantitative estimate of drug-likeness (QED) is 0.297. The summed E-state index contributed by atoms with van der Waals surface area (Å²) < 4.78 is 0.293.